The lowest BCUT2D eigenvalue weighted by Crippen LogP contribution is -2.38. The molecule has 0 radical (unpaired) electrons. The van der Waals surface area contributed by atoms with E-state index in [1.807, 2.05) is 37.3 Å². The lowest BCUT2D eigenvalue weighted by Gasteiger charge is -2.26. The average Bonchev–Trinajstić information content (AvgIpc) is 2.46. The number of Topliss-reactive ketones (excluding diaryl/α,β-unsaturated/α-hetero) is 1. The summed E-state index contributed by atoms with van der Waals surface area (Å²) in [7, 11) is 0. The molecule has 1 unspecified atom stereocenters. The van der Waals surface area contributed by atoms with E-state index in [1.165, 1.54) is 0 Å². The van der Waals surface area contributed by atoms with Gasteiger partial charge in [0.2, 0.25) is 5.78 Å². The Balaban J connectivity index is 1.86. The van der Waals surface area contributed by atoms with Crippen LogP contribution < -0.4 is 10.1 Å². The van der Waals surface area contributed by atoms with Gasteiger partial charge in [-0.2, -0.15) is 0 Å². The lowest BCUT2D eigenvalue weighted by molar-refractivity contribution is 0.0800. The molecule has 2 heterocycles. The molecule has 1 N–H and O–H groups in total. The van der Waals surface area contributed by atoms with Crippen LogP contribution in [0.15, 0.2) is 42.7 Å². The number of anilines is 1. The van der Waals surface area contributed by atoms with Gasteiger partial charge in [-0.05, 0) is 30.7 Å². The van der Waals surface area contributed by atoms with Crippen LogP contribution in [0.1, 0.15) is 15.9 Å². The Morgan fingerprint density at radius 2 is 2.21 bits per heavy atom. The van der Waals surface area contributed by atoms with Crippen molar-refractivity contribution in [3.8, 4) is 5.75 Å². The molecule has 0 amide bonds. The summed E-state index contributed by atoms with van der Waals surface area (Å²) in [6.45, 7) is 2.38. The number of nitrogens with zero attached hydrogens (tertiary/aromatic N) is 1. The predicted octanol–water partition coefficient (Wildman–Crippen LogP) is 2.45. The number of carbonyl (C=O) groups is 1. The molecule has 0 saturated carbocycles. The summed E-state index contributed by atoms with van der Waals surface area (Å²) in [6.07, 6.45) is 2.78. The van der Waals surface area contributed by atoms with Gasteiger partial charge in [-0.15, -0.1) is 0 Å². The molecular weight excluding hydrogens is 240 g/mol. The van der Waals surface area contributed by atoms with Gasteiger partial charge in [-0.25, -0.2) is 0 Å². The van der Waals surface area contributed by atoms with Crippen molar-refractivity contribution in [1.29, 1.82) is 0 Å². The van der Waals surface area contributed by atoms with Gasteiger partial charge in [0.25, 0.3) is 0 Å². The summed E-state index contributed by atoms with van der Waals surface area (Å²) >= 11 is 0. The van der Waals surface area contributed by atoms with Crippen molar-refractivity contribution in [1.82, 2.24) is 4.98 Å². The lowest BCUT2D eigenvalue weighted by atomic mass is 10.0. The quantitative estimate of drug-likeness (QED) is 0.836. The van der Waals surface area contributed by atoms with Crippen LogP contribution in [0, 0.1) is 6.92 Å². The van der Waals surface area contributed by atoms with Crippen molar-refractivity contribution >= 4 is 11.5 Å². The van der Waals surface area contributed by atoms with E-state index in [-0.39, 0.29) is 5.78 Å². The molecule has 4 nitrogen and oxygen atoms in total. The summed E-state index contributed by atoms with van der Waals surface area (Å²) in [5.41, 5.74) is 2.46. The van der Waals surface area contributed by atoms with Gasteiger partial charge in [-0.1, -0.05) is 12.1 Å². The van der Waals surface area contributed by atoms with Gasteiger partial charge in [0.15, 0.2) is 6.10 Å². The molecule has 19 heavy (non-hydrogen) atoms. The normalized spacial score (nSPS) is 17.0. The van der Waals surface area contributed by atoms with E-state index in [0.717, 1.165) is 11.3 Å². The van der Waals surface area contributed by atoms with Crippen molar-refractivity contribution in [3.63, 3.8) is 0 Å². The standard InChI is InChI=1S/C15H14N2O2/c1-10-6-7-16-8-11(10)15(18)14-9-17-12-4-2-3-5-13(12)19-14/h2-8,14,17H,9H2,1H3. The fourth-order valence-electron chi connectivity index (χ4n) is 2.15. The Labute approximate surface area is 111 Å². The highest BCUT2D eigenvalue weighted by Gasteiger charge is 2.27. The number of rotatable bonds is 2. The molecule has 0 saturated heterocycles. The number of hydrogen-bond donors (Lipinski definition) is 1. The van der Waals surface area contributed by atoms with E-state index in [1.54, 1.807) is 12.4 Å². The van der Waals surface area contributed by atoms with Crippen molar-refractivity contribution < 1.29 is 9.53 Å². The van der Waals surface area contributed by atoms with E-state index in [2.05, 4.69) is 10.3 Å². The smallest absolute Gasteiger partial charge is 0.206 e. The third kappa shape index (κ3) is 2.17. The van der Waals surface area contributed by atoms with E-state index >= 15 is 0 Å². The van der Waals surface area contributed by atoms with E-state index in [0.29, 0.717) is 17.9 Å². The minimum absolute atomic E-state index is 0.0346. The molecule has 1 aromatic carbocycles. The Morgan fingerprint density at radius 1 is 1.37 bits per heavy atom. The molecule has 96 valence electrons. The number of aromatic nitrogens is 1. The number of nitrogens with one attached hydrogen (secondary N) is 1. The molecule has 0 spiro atoms. The SMILES string of the molecule is Cc1ccncc1C(=O)C1CNc2ccccc2O1. The molecule has 1 atom stereocenters. The maximum atomic E-state index is 12.4. The van der Waals surface area contributed by atoms with Gasteiger partial charge in [0.05, 0.1) is 12.2 Å². The second kappa shape index (κ2) is 4.72. The number of pyridine rings is 1. The second-order valence-corrected chi connectivity index (χ2v) is 4.54. The molecular formula is C15H14N2O2. The highest BCUT2D eigenvalue weighted by molar-refractivity contribution is 6.01. The van der Waals surface area contributed by atoms with Crippen LogP contribution in [0.3, 0.4) is 0 Å². The number of carbonyl (C=O) groups excluding carboxylic acids is 1. The zero-order valence-corrected chi connectivity index (χ0v) is 10.6. The van der Waals surface area contributed by atoms with Crippen molar-refractivity contribution in [2.24, 2.45) is 0 Å². The van der Waals surface area contributed by atoms with Gasteiger partial charge in [-0.3, -0.25) is 9.78 Å². The maximum absolute atomic E-state index is 12.4. The Kier molecular flexibility index (Phi) is 2.91. The number of aryl methyl sites for hydroxylation is 1. The Bertz CT molecular complexity index is 625. The largest absolute Gasteiger partial charge is 0.478 e. The Hall–Kier alpha value is -2.36. The average molecular weight is 254 g/mol. The molecule has 4 heteroatoms. The number of para-hydroxylation sites is 2. The molecule has 1 aliphatic heterocycles. The van der Waals surface area contributed by atoms with Gasteiger partial charge >= 0.3 is 0 Å². The number of hydrogen-bond acceptors (Lipinski definition) is 4. The zero-order valence-electron chi connectivity index (χ0n) is 10.6. The summed E-state index contributed by atoms with van der Waals surface area (Å²) in [5.74, 6) is 0.682. The third-order valence-electron chi connectivity index (χ3n) is 3.23. The van der Waals surface area contributed by atoms with Gasteiger partial charge < -0.3 is 10.1 Å². The number of fused-ring (bicyclic) bond motifs is 1. The summed E-state index contributed by atoms with van der Waals surface area (Å²) in [4.78, 5) is 16.4. The molecule has 1 aromatic heterocycles. The zero-order chi connectivity index (χ0) is 13.2. The third-order valence-corrected chi connectivity index (χ3v) is 3.23. The fraction of sp³-hybridized carbons (Fsp3) is 0.200. The summed E-state index contributed by atoms with van der Waals surface area (Å²) < 4.78 is 5.76. The first-order valence-electron chi connectivity index (χ1n) is 6.20. The van der Waals surface area contributed by atoms with Crippen molar-refractivity contribution in [2.75, 3.05) is 11.9 Å². The van der Waals surface area contributed by atoms with Crippen LogP contribution in [0.5, 0.6) is 5.75 Å². The minimum Gasteiger partial charge on any atom is -0.478 e. The predicted molar refractivity (Wildman–Crippen MR) is 72.7 cm³/mol. The van der Waals surface area contributed by atoms with Crippen LogP contribution >= 0.6 is 0 Å². The first kappa shape index (κ1) is 11.7. The van der Waals surface area contributed by atoms with Crippen LogP contribution in [0.25, 0.3) is 0 Å². The van der Waals surface area contributed by atoms with E-state index in [4.69, 9.17) is 4.74 Å². The van der Waals surface area contributed by atoms with E-state index < -0.39 is 6.10 Å². The molecule has 3 rings (SSSR count). The maximum Gasteiger partial charge on any atom is 0.206 e. The first-order valence-corrected chi connectivity index (χ1v) is 6.20. The highest BCUT2D eigenvalue weighted by Crippen LogP contribution is 2.29. The monoisotopic (exact) mass is 254 g/mol. The minimum atomic E-state index is -0.502. The number of ketones is 1. The number of ether oxygens (including phenoxy) is 1. The fourth-order valence-corrected chi connectivity index (χ4v) is 2.15. The Morgan fingerprint density at radius 3 is 3.05 bits per heavy atom. The van der Waals surface area contributed by atoms with Gasteiger partial charge in [0.1, 0.15) is 5.75 Å². The molecule has 0 fully saturated rings. The van der Waals surface area contributed by atoms with Crippen LogP contribution in [0.4, 0.5) is 5.69 Å². The first-order chi connectivity index (χ1) is 9.25. The number of benzene rings is 1. The molecule has 0 aliphatic carbocycles. The van der Waals surface area contributed by atoms with Crippen molar-refractivity contribution in [3.05, 3.63) is 53.9 Å². The highest BCUT2D eigenvalue weighted by atomic mass is 16.5. The van der Waals surface area contributed by atoms with Crippen LogP contribution in [-0.2, 0) is 0 Å². The van der Waals surface area contributed by atoms with Crippen LogP contribution in [-0.4, -0.2) is 23.4 Å². The van der Waals surface area contributed by atoms with Crippen molar-refractivity contribution in [2.45, 2.75) is 13.0 Å². The second-order valence-electron chi connectivity index (χ2n) is 4.54. The molecule has 1 aliphatic rings. The summed E-state index contributed by atoms with van der Waals surface area (Å²) in [5, 5.41) is 3.22. The van der Waals surface area contributed by atoms with E-state index in [9.17, 15) is 4.79 Å². The van der Waals surface area contributed by atoms with Crippen LogP contribution in [0.2, 0.25) is 0 Å². The topological polar surface area (TPSA) is 51.2 Å². The molecule has 2 aromatic rings. The summed E-state index contributed by atoms with van der Waals surface area (Å²) in [6, 6.07) is 9.45. The molecule has 0 bridgehead atoms. The van der Waals surface area contributed by atoms with Gasteiger partial charge in [0, 0.05) is 18.0 Å².